The number of halogens is 1. The second kappa shape index (κ2) is 5.11. The molecule has 0 aliphatic carbocycles. The van der Waals surface area contributed by atoms with Gasteiger partial charge < -0.3 is 5.73 Å². The van der Waals surface area contributed by atoms with Crippen molar-refractivity contribution in [3.05, 3.63) is 52.5 Å². The van der Waals surface area contributed by atoms with Crippen molar-refractivity contribution >= 4 is 27.6 Å². The lowest BCUT2D eigenvalue weighted by Gasteiger charge is -2.36. The van der Waals surface area contributed by atoms with Crippen LogP contribution in [-0.4, -0.2) is 22.5 Å². The summed E-state index contributed by atoms with van der Waals surface area (Å²) in [5.74, 6) is 0.505. The third kappa shape index (κ3) is 2.29. The van der Waals surface area contributed by atoms with Gasteiger partial charge >= 0.3 is 0 Å². The third-order valence-corrected chi connectivity index (χ3v) is 4.28. The lowest BCUT2D eigenvalue weighted by atomic mass is 9.94. The number of nitrogens with two attached hydrogens (primary N) is 1. The Hall–Kier alpha value is -1.95. The summed E-state index contributed by atoms with van der Waals surface area (Å²) in [6.07, 6.45) is 3.41. The maximum Gasteiger partial charge on any atom is 0.196 e. The molecule has 2 aromatic rings. The highest BCUT2D eigenvalue weighted by Crippen LogP contribution is 2.36. The lowest BCUT2D eigenvalue weighted by Crippen LogP contribution is -2.48. The number of benzene rings is 1. The van der Waals surface area contributed by atoms with E-state index in [0.29, 0.717) is 12.5 Å². The predicted molar refractivity (Wildman–Crippen MR) is 87.2 cm³/mol. The third-order valence-electron chi connectivity index (χ3n) is 3.75. The molecule has 1 unspecified atom stereocenters. The van der Waals surface area contributed by atoms with Crippen molar-refractivity contribution in [3.63, 3.8) is 0 Å². The Kier molecular flexibility index (Phi) is 3.41. The molecule has 2 heterocycles. The van der Waals surface area contributed by atoms with Crippen molar-refractivity contribution in [2.45, 2.75) is 19.4 Å². The molecule has 1 aromatic heterocycles. The first-order valence-electron chi connectivity index (χ1n) is 6.66. The molecule has 3 rings (SSSR count). The number of guanidine groups is 1. The van der Waals surface area contributed by atoms with E-state index in [2.05, 4.69) is 37.8 Å². The van der Waals surface area contributed by atoms with Crippen molar-refractivity contribution in [2.24, 2.45) is 10.7 Å². The molecule has 0 saturated carbocycles. The Morgan fingerprint density at radius 2 is 1.86 bits per heavy atom. The molecule has 0 amide bonds. The zero-order chi connectivity index (χ0) is 15.0. The zero-order valence-corrected chi connectivity index (χ0v) is 13.5. The number of anilines is 1. The Balaban J connectivity index is 2.10. The van der Waals surface area contributed by atoms with Crippen LogP contribution in [0.15, 0.2) is 46.1 Å². The molecule has 21 heavy (non-hydrogen) atoms. The van der Waals surface area contributed by atoms with Crippen molar-refractivity contribution in [1.82, 2.24) is 9.97 Å². The highest BCUT2D eigenvalue weighted by Gasteiger charge is 2.43. The number of aromatic nitrogens is 2. The molecule has 0 fully saturated rings. The molecular formula is C15H16BrN5. The van der Waals surface area contributed by atoms with E-state index in [4.69, 9.17) is 5.73 Å². The van der Waals surface area contributed by atoms with Crippen LogP contribution in [-0.2, 0) is 5.54 Å². The summed E-state index contributed by atoms with van der Waals surface area (Å²) < 4.78 is 1.03. The SMILES string of the molecule is Cc1nccnc1C1(C)CN=C(N)N1c1ccc(Br)cc1. The number of rotatable bonds is 2. The fourth-order valence-corrected chi connectivity index (χ4v) is 3.02. The first kappa shape index (κ1) is 14.0. The summed E-state index contributed by atoms with van der Waals surface area (Å²) in [5.41, 5.74) is 8.49. The van der Waals surface area contributed by atoms with Crippen molar-refractivity contribution in [2.75, 3.05) is 11.4 Å². The van der Waals surface area contributed by atoms with Gasteiger partial charge in [0.05, 0.1) is 17.9 Å². The maximum absolute atomic E-state index is 6.13. The molecule has 108 valence electrons. The Labute approximate surface area is 132 Å². The normalized spacial score (nSPS) is 21.5. The summed E-state index contributed by atoms with van der Waals surface area (Å²) in [7, 11) is 0. The smallest absolute Gasteiger partial charge is 0.196 e. The van der Waals surface area contributed by atoms with E-state index in [-0.39, 0.29) is 0 Å². The van der Waals surface area contributed by atoms with Crippen molar-refractivity contribution in [3.8, 4) is 0 Å². The van der Waals surface area contributed by atoms with Gasteiger partial charge in [-0.05, 0) is 38.1 Å². The average Bonchev–Trinajstić information content (AvgIpc) is 2.77. The van der Waals surface area contributed by atoms with E-state index in [9.17, 15) is 0 Å². The van der Waals surface area contributed by atoms with Gasteiger partial charge in [0, 0.05) is 22.6 Å². The van der Waals surface area contributed by atoms with E-state index < -0.39 is 5.54 Å². The zero-order valence-electron chi connectivity index (χ0n) is 11.9. The van der Waals surface area contributed by atoms with Gasteiger partial charge in [-0.25, -0.2) is 0 Å². The standard InChI is InChI=1S/C15H16BrN5/c1-10-13(19-8-7-18-10)15(2)9-20-14(17)21(15)12-5-3-11(16)4-6-12/h3-8H,9H2,1-2H3,(H2,17,20). The Bertz CT molecular complexity index is 697. The first-order valence-corrected chi connectivity index (χ1v) is 7.45. The minimum absolute atomic E-state index is 0.420. The van der Waals surface area contributed by atoms with Crippen LogP contribution in [0.3, 0.4) is 0 Å². The number of aliphatic imine (C=N–C) groups is 1. The quantitative estimate of drug-likeness (QED) is 0.908. The van der Waals surface area contributed by atoms with Crippen LogP contribution in [0, 0.1) is 6.92 Å². The fourth-order valence-electron chi connectivity index (χ4n) is 2.75. The molecule has 5 nitrogen and oxygen atoms in total. The molecule has 1 atom stereocenters. The van der Waals surface area contributed by atoms with Gasteiger partial charge in [0.1, 0.15) is 5.54 Å². The molecule has 0 bridgehead atoms. The van der Waals surface area contributed by atoms with Crippen molar-refractivity contribution < 1.29 is 0 Å². The molecule has 0 radical (unpaired) electrons. The largest absolute Gasteiger partial charge is 0.369 e. The Morgan fingerprint density at radius 1 is 1.19 bits per heavy atom. The minimum Gasteiger partial charge on any atom is -0.369 e. The summed E-state index contributed by atoms with van der Waals surface area (Å²) in [6.45, 7) is 4.62. The van der Waals surface area contributed by atoms with Crippen LogP contribution >= 0.6 is 15.9 Å². The van der Waals surface area contributed by atoms with E-state index in [1.54, 1.807) is 12.4 Å². The molecule has 0 saturated heterocycles. The molecule has 1 aliphatic heterocycles. The van der Waals surface area contributed by atoms with E-state index in [1.165, 1.54) is 0 Å². The molecular weight excluding hydrogens is 330 g/mol. The van der Waals surface area contributed by atoms with Gasteiger partial charge in [0.15, 0.2) is 5.96 Å². The maximum atomic E-state index is 6.13. The monoisotopic (exact) mass is 345 g/mol. The summed E-state index contributed by atoms with van der Waals surface area (Å²) in [5, 5.41) is 0. The van der Waals surface area contributed by atoms with Gasteiger partial charge in [0.25, 0.3) is 0 Å². The number of hydrogen-bond acceptors (Lipinski definition) is 5. The second-order valence-corrected chi connectivity index (χ2v) is 6.17. The summed E-state index contributed by atoms with van der Waals surface area (Å²) in [6, 6.07) is 8.01. The molecule has 1 aromatic carbocycles. The predicted octanol–water partition coefficient (Wildman–Crippen LogP) is 2.60. The van der Waals surface area contributed by atoms with Gasteiger partial charge in [-0.3, -0.25) is 19.9 Å². The van der Waals surface area contributed by atoms with Crippen LogP contribution in [0.5, 0.6) is 0 Å². The lowest BCUT2D eigenvalue weighted by molar-refractivity contribution is 0.508. The van der Waals surface area contributed by atoms with E-state index in [1.807, 2.05) is 36.1 Å². The van der Waals surface area contributed by atoms with Crippen molar-refractivity contribution in [1.29, 1.82) is 0 Å². The highest BCUT2D eigenvalue weighted by atomic mass is 79.9. The van der Waals surface area contributed by atoms with E-state index in [0.717, 1.165) is 21.5 Å². The van der Waals surface area contributed by atoms with Crippen LogP contribution in [0.1, 0.15) is 18.3 Å². The summed E-state index contributed by atoms with van der Waals surface area (Å²) >= 11 is 3.45. The Morgan fingerprint density at radius 3 is 2.52 bits per heavy atom. The summed E-state index contributed by atoms with van der Waals surface area (Å²) in [4.78, 5) is 15.3. The highest BCUT2D eigenvalue weighted by molar-refractivity contribution is 9.10. The van der Waals surface area contributed by atoms with Crippen LogP contribution in [0.4, 0.5) is 5.69 Å². The van der Waals surface area contributed by atoms with E-state index >= 15 is 0 Å². The molecule has 1 aliphatic rings. The molecule has 0 spiro atoms. The van der Waals surface area contributed by atoms with Gasteiger partial charge in [-0.15, -0.1) is 0 Å². The second-order valence-electron chi connectivity index (χ2n) is 5.25. The minimum atomic E-state index is -0.420. The fraction of sp³-hybridized carbons (Fsp3) is 0.267. The number of nitrogens with zero attached hydrogens (tertiary/aromatic N) is 4. The first-order chi connectivity index (χ1) is 10.0. The molecule has 6 heteroatoms. The van der Waals surface area contributed by atoms with Gasteiger partial charge in [0.2, 0.25) is 0 Å². The van der Waals surface area contributed by atoms with Crippen LogP contribution in [0.2, 0.25) is 0 Å². The topological polar surface area (TPSA) is 67.4 Å². The molecule has 2 N–H and O–H groups in total. The van der Waals surface area contributed by atoms with Gasteiger partial charge in [-0.2, -0.15) is 0 Å². The van der Waals surface area contributed by atoms with Gasteiger partial charge in [-0.1, -0.05) is 15.9 Å². The van der Waals surface area contributed by atoms with Crippen LogP contribution in [0.25, 0.3) is 0 Å². The number of aryl methyl sites for hydroxylation is 1. The average molecular weight is 346 g/mol. The number of hydrogen-bond donors (Lipinski definition) is 1. The van der Waals surface area contributed by atoms with Crippen LogP contribution < -0.4 is 10.6 Å².